The molecule has 0 saturated heterocycles. The molecule has 0 aliphatic heterocycles. The van der Waals surface area contributed by atoms with Gasteiger partial charge in [-0.25, -0.2) is 0 Å². The number of rotatable bonds is 39. The fourth-order valence-corrected chi connectivity index (χ4v) is 5.55. The van der Waals surface area contributed by atoms with Crippen LogP contribution in [0.15, 0.2) is 134 Å². The van der Waals surface area contributed by atoms with Gasteiger partial charge in [-0.15, -0.1) is 0 Å². The summed E-state index contributed by atoms with van der Waals surface area (Å²) in [5.41, 5.74) is 0. The van der Waals surface area contributed by atoms with E-state index >= 15 is 0 Å². The van der Waals surface area contributed by atoms with Crippen LogP contribution < -0.4 is 0 Å². The van der Waals surface area contributed by atoms with Crippen LogP contribution in [0.25, 0.3) is 0 Å². The Hall–Kier alpha value is -4.45. The van der Waals surface area contributed by atoms with Crippen molar-refractivity contribution in [2.24, 2.45) is 0 Å². The zero-order valence-corrected chi connectivity index (χ0v) is 37.9. The van der Waals surface area contributed by atoms with E-state index in [1.807, 2.05) is 6.08 Å². The lowest BCUT2D eigenvalue weighted by Gasteiger charge is -2.18. The molecule has 0 amide bonds. The van der Waals surface area contributed by atoms with Crippen molar-refractivity contribution < 1.29 is 28.6 Å². The third kappa shape index (κ3) is 44.6. The molecule has 0 radical (unpaired) electrons. The number of carbonyl (C=O) groups excluding carboxylic acids is 3. The summed E-state index contributed by atoms with van der Waals surface area (Å²) in [4.78, 5) is 37.7. The summed E-state index contributed by atoms with van der Waals surface area (Å²) in [5.74, 6) is -1.15. The minimum Gasteiger partial charge on any atom is -0.462 e. The lowest BCUT2D eigenvalue weighted by atomic mass is 10.1. The molecule has 60 heavy (non-hydrogen) atoms. The number of unbranched alkanes of at least 4 members (excludes halogenated alkanes) is 7. The van der Waals surface area contributed by atoms with Gasteiger partial charge >= 0.3 is 17.9 Å². The van der Waals surface area contributed by atoms with Crippen LogP contribution in [0.4, 0.5) is 0 Å². The van der Waals surface area contributed by atoms with Crippen LogP contribution in [0.1, 0.15) is 168 Å². The van der Waals surface area contributed by atoms with Gasteiger partial charge in [-0.05, 0) is 103 Å². The predicted molar refractivity (Wildman–Crippen MR) is 256 cm³/mol. The van der Waals surface area contributed by atoms with Gasteiger partial charge in [-0.1, -0.05) is 180 Å². The summed E-state index contributed by atoms with van der Waals surface area (Å²) < 4.78 is 16.5. The highest BCUT2D eigenvalue weighted by molar-refractivity contribution is 5.72. The molecule has 334 valence electrons. The van der Waals surface area contributed by atoms with Gasteiger partial charge in [-0.2, -0.15) is 0 Å². The topological polar surface area (TPSA) is 78.9 Å². The Bertz CT molecular complexity index is 1370. The summed E-state index contributed by atoms with van der Waals surface area (Å²) in [5, 5.41) is 0. The lowest BCUT2D eigenvalue weighted by molar-refractivity contribution is -0.166. The molecule has 0 aromatic carbocycles. The van der Waals surface area contributed by atoms with Crippen molar-refractivity contribution in [3.8, 4) is 0 Å². The molecule has 0 aliphatic carbocycles. The van der Waals surface area contributed by atoms with E-state index in [1.165, 1.54) is 12.8 Å². The van der Waals surface area contributed by atoms with E-state index in [0.29, 0.717) is 6.42 Å². The first-order valence-electron chi connectivity index (χ1n) is 23.2. The number of ether oxygens (including phenoxy) is 3. The van der Waals surface area contributed by atoms with Crippen LogP contribution in [0.5, 0.6) is 0 Å². The first-order valence-corrected chi connectivity index (χ1v) is 23.2. The molecule has 0 aromatic rings. The molecule has 0 aliphatic rings. The van der Waals surface area contributed by atoms with Gasteiger partial charge in [0.15, 0.2) is 6.10 Å². The van der Waals surface area contributed by atoms with Crippen molar-refractivity contribution >= 4 is 17.9 Å². The zero-order chi connectivity index (χ0) is 43.7. The van der Waals surface area contributed by atoms with E-state index in [0.717, 1.165) is 109 Å². The Morgan fingerprint density at radius 1 is 0.350 bits per heavy atom. The third-order valence-electron chi connectivity index (χ3n) is 8.91. The summed E-state index contributed by atoms with van der Waals surface area (Å²) in [6.45, 7) is 6.10. The highest BCUT2D eigenvalue weighted by atomic mass is 16.6. The second-order valence-corrected chi connectivity index (χ2v) is 14.5. The number of hydrogen-bond acceptors (Lipinski definition) is 6. The largest absolute Gasteiger partial charge is 0.462 e. The summed E-state index contributed by atoms with van der Waals surface area (Å²) in [6, 6.07) is 0. The van der Waals surface area contributed by atoms with Gasteiger partial charge in [-0.3, -0.25) is 14.4 Å². The summed E-state index contributed by atoms with van der Waals surface area (Å²) in [6.07, 6.45) is 66.2. The van der Waals surface area contributed by atoms with Gasteiger partial charge in [0.2, 0.25) is 0 Å². The smallest absolute Gasteiger partial charge is 0.309 e. The van der Waals surface area contributed by atoms with E-state index in [1.54, 1.807) is 6.08 Å². The molecule has 0 spiro atoms. The minimum absolute atomic E-state index is 0.116. The van der Waals surface area contributed by atoms with E-state index in [-0.39, 0.29) is 44.4 Å². The van der Waals surface area contributed by atoms with E-state index < -0.39 is 12.1 Å². The van der Waals surface area contributed by atoms with Gasteiger partial charge in [0.05, 0.1) is 6.42 Å². The Morgan fingerprint density at radius 3 is 1.13 bits per heavy atom. The van der Waals surface area contributed by atoms with E-state index in [2.05, 4.69) is 142 Å². The maximum absolute atomic E-state index is 12.7. The van der Waals surface area contributed by atoms with E-state index in [4.69, 9.17) is 14.2 Å². The van der Waals surface area contributed by atoms with Crippen LogP contribution in [-0.2, 0) is 28.6 Å². The maximum atomic E-state index is 12.7. The predicted octanol–water partition coefficient (Wildman–Crippen LogP) is 15.1. The zero-order valence-electron chi connectivity index (χ0n) is 37.9. The van der Waals surface area contributed by atoms with Gasteiger partial charge in [0.25, 0.3) is 0 Å². The first kappa shape index (κ1) is 55.5. The van der Waals surface area contributed by atoms with Gasteiger partial charge < -0.3 is 14.2 Å². The fraction of sp³-hybridized carbons (Fsp3) is 0.537. The van der Waals surface area contributed by atoms with Gasteiger partial charge in [0, 0.05) is 12.8 Å². The Labute approximate surface area is 366 Å². The van der Waals surface area contributed by atoms with Crippen LogP contribution in [0.2, 0.25) is 0 Å². The van der Waals surface area contributed by atoms with Crippen molar-refractivity contribution in [1.82, 2.24) is 0 Å². The molecule has 0 bridgehead atoms. The third-order valence-corrected chi connectivity index (χ3v) is 8.91. The quantitative estimate of drug-likeness (QED) is 0.0266. The lowest BCUT2D eigenvalue weighted by Crippen LogP contribution is -2.30. The molecule has 0 aromatic heterocycles. The van der Waals surface area contributed by atoms with Gasteiger partial charge in [0.1, 0.15) is 13.2 Å². The molecule has 6 heteroatoms. The van der Waals surface area contributed by atoms with Crippen LogP contribution in [0.3, 0.4) is 0 Å². The Kier molecular flexibility index (Phi) is 43.7. The maximum Gasteiger partial charge on any atom is 0.309 e. The monoisotopic (exact) mass is 827 g/mol. The van der Waals surface area contributed by atoms with E-state index in [9.17, 15) is 14.4 Å². The highest BCUT2D eigenvalue weighted by Gasteiger charge is 2.19. The Morgan fingerprint density at radius 2 is 0.683 bits per heavy atom. The van der Waals surface area contributed by atoms with Crippen molar-refractivity contribution in [3.05, 3.63) is 134 Å². The molecule has 0 N–H and O–H groups in total. The highest BCUT2D eigenvalue weighted by Crippen LogP contribution is 2.11. The van der Waals surface area contributed by atoms with Crippen molar-refractivity contribution in [3.63, 3.8) is 0 Å². The van der Waals surface area contributed by atoms with Crippen molar-refractivity contribution in [2.45, 2.75) is 175 Å². The molecule has 1 atom stereocenters. The fourth-order valence-electron chi connectivity index (χ4n) is 5.55. The van der Waals surface area contributed by atoms with Crippen molar-refractivity contribution in [2.75, 3.05) is 13.2 Å². The normalized spacial score (nSPS) is 13.3. The second kappa shape index (κ2) is 47.2. The summed E-state index contributed by atoms with van der Waals surface area (Å²) in [7, 11) is 0. The number of esters is 3. The van der Waals surface area contributed by atoms with Crippen LogP contribution >= 0.6 is 0 Å². The number of allylic oxidation sites excluding steroid dienone is 21. The SMILES string of the molecule is CC/C=C\C/C=C\C/C=C\C/C=C\C/C=C\CCCC(=O)OCC(COC(=O)C/C=C\C/C=C\C/C=C\CC)OC(=O)CCCCCCCC/C=C\C/C=C\C/C=C\CC. The Balaban J connectivity index is 4.55. The average molecular weight is 827 g/mol. The first-order chi connectivity index (χ1) is 29.5. The molecule has 0 heterocycles. The van der Waals surface area contributed by atoms with Crippen molar-refractivity contribution in [1.29, 1.82) is 0 Å². The number of hydrogen-bond donors (Lipinski definition) is 0. The molecular formula is C54H82O6. The summed E-state index contributed by atoms with van der Waals surface area (Å²) >= 11 is 0. The molecule has 1 unspecified atom stereocenters. The average Bonchev–Trinajstić information content (AvgIpc) is 3.24. The molecule has 0 saturated carbocycles. The minimum atomic E-state index is -0.846. The standard InChI is InChI=1S/C54H82O6/c1-4-7-10-13-16-19-21-23-25-27-29-30-32-35-38-41-44-47-53(56)59-50-51(49-58-52(55)46-43-40-37-34-18-15-12-9-6-3)60-54(57)48-45-42-39-36-33-31-28-26-24-22-20-17-14-11-8-5-2/h7-12,16-20,23-26,29-30,34-35,38,40,43,51H,4-6,13-15,21-22,27-28,31-33,36-37,39,41-42,44-50H2,1-3H3/b10-7-,11-8-,12-9-,19-16-,20-17-,25-23-,26-24-,30-29-,34-18-,38-35-,43-40-. The molecule has 0 rings (SSSR count). The molecule has 0 fully saturated rings. The number of carbonyl (C=O) groups is 3. The molecule has 6 nitrogen and oxygen atoms in total. The van der Waals surface area contributed by atoms with Crippen LogP contribution in [0, 0.1) is 0 Å². The molecular weight excluding hydrogens is 745 g/mol. The second-order valence-electron chi connectivity index (χ2n) is 14.5. The van der Waals surface area contributed by atoms with Crippen LogP contribution in [-0.4, -0.2) is 37.2 Å².